The molecule has 0 aromatic heterocycles. The second-order valence-electron chi connectivity index (χ2n) is 6.74. The monoisotopic (exact) mass is 334 g/mol. The lowest BCUT2D eigenvalue weighted by Gasteiger charge is -2.29. The molecule has 0 aliphatic heterocycles. The van der Waals surface area contributed by atoms with Crippen molar-refractivity contribution in [2.75, 3.05) is 39.7 Å². The zero-order chi connectivity index (χ0) is 17.4. The number of amides is 1. The van der Waals surface area contributed by atoms with Crippen molar-refractivity contribution < 1.29 is 14.3 Å². The SMILES string of the molecule is COC1(C(=O)Nc2ccc(OCCN(C)C)cc2)CCCCCC1. The van der Waals surface area contributed by atoms with Crippen molar-refractivity contribution in [2.24, 2.45) is 0 Å². The average molecular weight is 334 g/mol. The van der Waals surface area contributed by atoms with Gasteiger partial charge >= 0.3 is 0 Å². The van der Waals surface area contributed by atoms with Gasteiger partial charge in [0.1, 0.15) is 18.0 Å². The predicted octanol–water partition coefficient (Wildman–Crippen LogP) is 3.30. The van der Waals surface area contributed by atoms with E-state index in [1.54, 1.807) is 7.11 Å². The third-order valence-corrected chi connectivity index (χ3v) is 4.64. The van der Waals surface area contributed by atoms with Crippen LogP contribution in [0.25, 0.3) is 0 Å². The molecule has 0 heterocycles. The molecule has 1 aliphatic rings. The molecule has 0 radical (unpaired) electrons. The van der Waals surface area contributed by atoms with Crippen molar-refractivity contribution in [2.45, 2.75) is 44.1 Å². The van der Waals surface area contributed by atoms with Crippen LogP contribution in [0.2, 0.25) is 0 Å². The molecule has 0 atom stereocenters. The van der Waals surface area contributed by atoms with E-state index in [1.807, 2.05) is 38.4 Å². The molecule has 5 heteroatoms. The number of nitrogens with one attached hydrogen (secondary N) is 1. The van der Waals surface area contributed by atoms with E-state index >= 15 is 0 Å². The quantitative estimate of drug-likeness (QED) is 0.777. The first-order valence-corrected chi connectivity index (χ1v) is 8.80. The van der Waals surface area contributed by atoms with E-state index in [-0.39, 0.29) is 5.91 Å². The van der Waals surface area contributed by atoms with Crippen LogP contribution in [0.1, 0.15) is 38.5 Å². The minimum atomic E-state index is -0.683. The van der Waals surface area contributed by atoms with Crippen LogP contribution in [0.15, 0.2) is 24.3 Å². The number of carbonyl (C=O) groups is 1. The summed E-state index contributed by atoms with van der Waals surface area (Å²) in [6.45, 7) is 1.51. The summed E-state index contributed by atoms with van der Waals surface area (Å²) in [6.07, 6.45) is 6.02. The predicted molar refractivity (Wildman–Crippen MR) is 96.6 cm³/mol. The summed E-state index contributed by atoms with van der Waals surface area (Å²) in [7, 11) is 5.68. The molecule has 1 fully saturated rings. The number of hydrogen-bond acceptors (Lipinski definition) is 4. The fourth-order valence-corrected chi connectivity index (χ4v) is 3.05. The van der Waals surface area contributed by atoms with Gasteiger partial charge in [-0.2, -0.15) is 0 Å². The highest BCUT2D eigenvalue weighted by atomic mass is 16.5. The van der Waals surface area contributed by atoms with Gasteiger partial charge in [0.15, 0.2) is 0 Å². The Hall–Kier alpha value is -1.59. The maximum absolute atomic E-state index is 12.7. The molecule has 0 unspecified atom stereocenters. The Bertz CT molecular complexity index is 506. The van der Waals surface area contributed by atoms with E-state index < -0.39 is 5.60 Å². The van der Waals surface area contributed by atoms with Gasteiger partial charge in [0.05, 0.1) is 0 Å². The van der Waals surface area contributed by atoms with E-state index in [4.69, 9.17) is 9.47 Å². The fraction of sp³-hybridized carbons (Fsp3) is 0.632. The van der Waals surface area contributed by atoms with E-state index in [0.717, 1.165) is 43.7 Å². The number of methoxy groups -OCH3 is 1. The van der Waals surface area contributed by atoms with E-state index in [2.05, 4.69) is 10.2 Å². The topological polar surface area (TPSA) is 50.8 Å². The van der Waals surface area contributed by atoms with Gasteiger partial charge in [-0.15, -0.1) is 0 Å². The first-order chi connectivity index (χ1) is 11.6. The number of nitrogens with zero attached hydrogens (tertiary/aromatic N) is 1. The second kappa shape index (κ2) is 9.04. The molecule has 2 rings (SSSR count). The summed E-state index contributed by atoms with van der Waals surface area (Å²) in [5.74, 6) is 0.777. The Kier molecular flexibility index (Phi) is 7.06. The highest BCUT2D eigenvalue weighted by Crippen LogP contribution is 2.31. The molecule has 24 heavy (non-hydrogen) atoms. The van der Waals surface area contributed by atoms with Crippen LogP contribution in [-0.4, -0.2) is 50.8 Å². The number of likely N-dealkylation sites (N-methyl/N-ethyl adjacent to an activating group) is 1. The summed E-state index contributed by atoms with van der Waals surface area (Å²) in [5, 5.41) is 3.00. The summed E-state index contributed by atoms with van der Waals surface area (Å²) >= 11 is 0. The van der Waals surface area contributed by atoms with Gasteiger partial charge in [-0.05, 0) is 51.2 Å². The molecular weight excluding hydrogens is 304 g/mol. The molecule has 1 amide bonds. The van der Waals surface area contributed by atoms with Gasteiger partial charge in [0.2, 0.25) is 0 Å². The lowest BCUT2D eigenvalue weighted by molar-refractivity contribution is -0.139. The molecule has 0 saturated heterocycles. The highest BCUT2D eigenvalue weighted by molar-refractivity contribution is 5.97. The van der Waals surface area contributed by atoms with Crippen molar-refractivity contribution in [1.82, 2.24) is 4.90 Å². The van der Waals surface area contributed by atoms with Crippen molar-refractivity contribution in [3.8, 4) is 5.75 Å². The van der Waals surface area contributed by atoms with Gasteiger partial charge in [-0.25, -0.2) is 0 Å². The largest absolute Gasteiger partial charge is 0.492 e. The van der Waals surface area contributed by atoms with Crippen LogP contribution in [-0.2, 0) is 9.53 Å². The van der Waals surface area contributed by atoms with Crippen molar-refractivity contribution in [1.29, 1.82) is 0 Å². The zero-order valence-corrected chi connectivity index (χ0v) is 15.1. The van der Waals surface area contributed by atoms with Crippen LogP contribution < -0.4 is 10.1 Å². The van der Waals surface area contributed by atoms with Crippen LogP contribution in [0.5, 0.6) is 5.75 Å². The molecule has 5 nitrogen and oxygen atoms in total. The van der Waals surface area contributed by atoms with Gasteiger partial charge < -0.3 is 19.7 Å². The zero-order valence-electron chi connectivity index (χ0n) is 15.1. The standard InChI is InChI=1S/C19H30N2O3/c1-21(2)14-15-24-17-10-8-16(9-11-17)20-18(22)19(23-3)12-6-4-5-7-13-19/h8-11H,4-7,12-15H2,1-3H3,(H,20,22). The van der Waals surface area contributed by atoms with Crippen molar-refractivity contribution >= 4 is 11.6 Å². The van der Waals surface area contributed by atoms with E-state index in [0.29, 0.717) is 6.61 Å². The number of ether oxygens (including phenoxy) is 2. The minimum absolute atomic E-state index is 0.0341. The fourth-order valence-electron chi connectivity index (χ4n) is 3.05. The van der Waals surface area contributed by atoms with Crippen LogP contribution >= 0.6 is 0 Å². The minimum Gasteiger partial charge on any atom is -0.492 e. The van der Waals surface area contributed by atoms with E-state index in [9.17, 15) is 4.79 Å². The lowest BCUT2D eigenvalue weighted by Crippen LogP contribution is -2.44. The van der Waals surface area contributed by atoms with Gasteiger partial charge in [-0.1, -0.05) is 25.7 Å². The Morgan fingerprint density at radius 3 is 2.29 bits per heavy atom. The summed E-state index contributed by atoms with van der Waals surface area (Å²) in [5.41, 5.74) is 0.0952. The number of carbonyl (C=O) groups excluding carboxylic acids is 1. The van der Waals surface area contributed by atoms with Crippen LogP contribution in [0, 0.1) is 0 Å². The number of hydrogen-bond donors (Lipinski definition) is 1. The molecule has 0 bridgehead atoms. The van der Waals surface area contributed by atoms with Crippen molar-refractivity contribution in [3.63, 3.8) is 0 Å². The normalized spacial score (nSPS) is 17.3. The van der Waals surface area contributed by atoms with E-state index in [1.165, 1.54) is 12.8 Å². The number of anilines is 1. The molecule has 1 saturated carbocycles. The molecule has 1 aliphatic carbocycles. The molecule has 1 aromatic carbocycles. The first kappa shape index (κ1) is 18.7. The summed E-state index contributed by atoms with van der Waals surface area (Å²) in [6, 6.07) is 7.53. The maximum atomic E-state index is 12.7. The Balaban J connectivity index is 1.93. The summed E-state index contributed by atoms with van der Waals surface area (Å²) in [4.78, 5) is 14.8. The molecule has 1 N–H and O–H groups in total. The van der Waals surface area contributed by atoms with Gasteiger partial charge in [0, 0.05) is 19.3 Å². The molecule has 134 valence electrons. The average Bonchev–Trinajstić information content (AvgIpc) is 2.82. The Labute approximate surface area is 145 Å². The smallest absolute Gasteiger partial charge is 0.256 e. The Morgan fingerprint density at radius 1 is 1.12 bits per heavy atom. The third-order valence-electron chi connectivity index (χ3n) is 4.64. The van der Waals surface area contributed by atoms with Gasteiger partial charge in [-0.3, -0.25) is 4.79 Å². The summed E-state index contributed by atoms with van der Waals surface area (Å²) < 4.78 is 11.3. The maximum Gasteiger partial charge on any atom is 0.256 e. The van der Waals surface area contributed by atoms with Gasteiger partial charge in [0.25, 0.3) is 5.91 Å². The number of benzene rings is 1. The first-order valence-electron chi connectivity index (χ1n) is 8.80. The highest BCUT2D eigenvalue weighted by Gasteiger charge is 2.38. The second-order valence-corrected chi connectivity index (χ2v) is 6.74. The third kappa shape index (κ3) is 5.21. The lowest BCUT2D eigenvalue weighted by atomic mass is 9.93. The number of rotatable bonds is 7. The van der Waals surface area contributed by atoms with Crippen LogP contribution in [0.3, 0.4) is 0 Å². The van der Waals surface area contributed by atoms with Crippen LogP contribution in [0.4, 0.5) is 5.69 Å². The molecule has 1 aromatic rings. The van der Waals surface area contributed by atoms with Crippen molar-refractivity contribution in [3.05, 3.63) is 24.3 Å². The Morgan fingerprint density at radius 2 is 1.75 bits per heavy atom. The molecular formula is C19H30N2O3. The molecule has 0 spiro atoms.